The smallest absolute Gasteiger partial charge is 0.213 e. The lowest BCUT2D eigenvalue weighted by molar-refractivity contribution is 0.461. The first-order valence-electron chi connectivity index (χ1n) is 7.52. The van der Waals surface area contributed by atoms with E-state index in [9.17, 15) is 8.42 Å². The molecular formula is C15H26ClIN4O2S. The van der Waals surface area contributed by atoms with Crippen molar-refractivity contribution < 1.29 is 8.42 Å². The zero-order valence-corrected chi connectivity index (χ0v) is 18.2. The second kappa shape index (κ2) is 11.9. The maximum Gasteiger partial charge on any atom is 0.213 e. The molecule has 6 nitrogen and oxygen atoms in total. The average molecular weight is 489 g/mol. The third kappa shape index (κ3) is 8.00. The average Bonchev–Trinajstić information content (AvgIpc) is 2.55. The number of guanidine groups is 1. The summed E-state index contributed by atoms with van der Waals surface area (Å²) in [6, 6.07) is 7.62. The zero-order chi connectivity index (χ0) is 17.3. The Kier molecular flexibility index (Phi) is 11.6. The maximum atomic E-state index is 11.6. The van der Waals surface area contributed by atoms with Gasteiger partial charge in [0.1, 0.15) is 0 Å². The van der Waals surface area contributed by atoms with Crippen LogP contribution in [-0.4, -0.2) is 51.6 Å². The highest BCUT2D eigenvalue weighted by atomic mass is 127. The van der Waals surface area contributed by atoms with E-state index in [0.717, 1.165) is 5.56 Å². The maximum absolute atomic E-state index is 11.6. The lowest BCUT2D eigenvalue weighted by Crippen LogP contribution is -2.38. The van der Waals surface area contributed by atoms with Gasteiger partial charge in [0.2, 0.25) is 10.0 Å². The summed E-state index contributed by atoms with van der Waals surface area (Å²) < 4.78 is 24.6. The van der Waals surface area contributed by atoms with Crippen molar-refractivity contribution in [2.45, 2.75) is 19.9 Å². The SMILES string of the molecule is CCS(=O)(=O)N(C)CCCNC(=NC)NCc1ccccc1Cl.I. The van der Waals surface area contributed by atoms with Gasteiger partial charge in [0.25, 0.3) is 0 Å². The molecule has 0 bridgehead atoms. The van der Waals surface area contributed by atoms with Crippen molar-refractivity contribution in [1.29, 1.82) is 0 Å². The van der Waals surface area contributed by atoms with Gasteiger partial charge in [-0.1, -0.05) is 29.8 Å². The minimum Gasteiger partial charge on any atom is -0.356 e. The molecular weight excluding hydrogens is 463 g/mol. The quantitative estimate of drug-likeness (QED) is 0.255. The summed E-state index contributed by atoms with van der Waals surface area (Å²) in [5, 5.41) is 7.05. The number of nitrogens with one attached hydrogen (secondary N) is 2. The van der Waals surface area contributed by atoms with Crippen molar-refractivity contribution in [3.8, 4) is 0 Å². The molecule has 0 aromatic heterocycles. The van der Waals surface area contributed by atoms with Crippen molar-refractivity contribution in [1.82, 2.24) is 14.9 Å². The number of hydrogen-bond acceptors (Lipinski definition) is 3. The molecule has 24 heavy (non-hydrogen) atoms. The van der Waals surface area contributed by atoms with Crippen LogP contribution in [0.5, 0.6) is 0 Å². The fourth-order valence-corrected chi connectivity index (χ4v) is 2.96. The number of benzene rings is 1. The number of halogens is 2. The monoisotopic (exact) mass is 488 g/mol. The van der Waals surface area contributed by atoms with Crippen molar-refractivity contribution >= 4 is 51.6 Å². The van der Waals surface area contributed by atoms with Gasteiger partial charge in [-0.15, -0.1) is 24.0 Å². The van der Waals surface area contributed by atoms with Crippen LogP contribution in [0.1, 0.15) is 18.9 Å². The summed E-state index contributed by atoms with van der Waals surface area (Å²) in [5.41, 5.74) is 0.992. The van der Waals surface area contributed by atoms with E-state index in [1.807, 2.05) is 24.3 Å². The Morgan fingerprint density at radius 2 is 1.96 bits per heavy atom. The highest BCUT2D eigenvalue weighted by Crippen LogP contribution is 2.14. The van der Waals surface area contributed by atoms with Gasteiger partial charge in [-0.25, -0.2) is 12.7 Å². The predicted molar refractivity (Wildman–Crippen MR) is 112 cm³/mol. The number of hydrogen-bond donors (Lipinski definition) is 2. The molecule has 0 radical (unpaired) electrons. The molecule has 0 spiro atoms. The zero-order valence-electron chi connectivity index (χ0n) is 14.3. The molecule has 0 heterocycles. The highest BCUT2D eigenvalue weighted by Gasteiger charge is 2.13. The number of sulfonamides is 1. The Bertz CT molecular complexity index is 626. The van der Waals surface area contributed by atoms with Crippen LogP contribution in [0.3, 0.4) is 0 Å². The van der Waals surface area contributed by atoms with Crippen LogP contribution in [0, 0.1) is 0 Å². The molecule has 0 aliphatic heterocycles. The van der Waals surface area contributed by atoms with Crippen LogP contribution in [0.2, 0.25) is 5.02 Å². The lowest BCUT2D eigenvalue weighted by atomic mass is 10.2. The van der Waals surface area contributed by atoms with Gasteiger partial charge < -0.3 is 10.6 Å². The highest BCUT2D eigenvalue weighted by molar-refractivity contribution is 14.0. The Labute approximate surface area is 167 Å². The molecule has 0 fully saturated rings. The summed E-state index contributed by atoms with van der Waals surface area (Å²) >= 11 is 6.11. The minimum absolute atomic E-state index is 0. The molecule has 0 aliphatic rings. The third-order valence-electron chi connectivity index (χ3n) is 3.41. The Hall–Kier alpha value is -0.580. The summed E-state index contributed by atoms with van der Waals surface area (Å²) in [4.78, 5) is 4.13. The fourth-order valence-electron chi connectivity index (χ4n) is 1.91. The predicted octanol–water partition coefficient (Wildman–Crippen LogP) is 2.29. The largest absolute Gasteiger partial charge is 0.356 e. The summed E-state index contributed by atoms with van der Waals surface area (Å²) in [7, 11) is 0.180. The van der Waals surface area contributed by atoms with E-state index in [4.69, 9.17) is 11.6 Å². The molecule has 0 aliphatic carbocycles. The fraction of sp³-hybridized carbons (Fsp3) is 0.533. The molecule has 2 N–H and O–H groups in total. The van der Waals surface area contributed by atoms with Crippen molar-refractivity contribution in [3.05, 3.63) is 34.9 Å². The molecule has 9 heteroatoms. The van der Waals surface area contributed by atoms with Gasteiger partial charge in [0.05, 0.1) is 5.75 Å². The van der Waals surface area contributed by atoms with Gasteiger partial charge in [-0.3, -0.25) is 4.99 Å². The minimum atomic E-state index is -3.11. The molecule has 0 unspecified atom stereocenters. The van der Waals surface area contributed by atoms with Crippen molar-refractivity contribution in [2.24, 2.45) is 4.99 Å². The van der Waals surface area contributed by atoms with Gasteiger partial charge in [0, 0.05) is 38.8 Å². The van der Waals surface area contributed by atoms with Crippen LogP contribution in [-0.2, 0) is 16.6 Å². The topological polar surface area (TPSA) is 73.8 Å². The van der Waals surface area contributed by atoms with Gasteiger partial charge >= 0.3 is 0 Å². The van der Waals surface area contributed by atoms with E-state index in [1.165, 1.54) is 4.31 Å². The molecule has 0 atom stereocenters. The van der Waals surface area contributed by atoms with Crippen molar-refractivity contribution in [3.63, 3.8) is 0 Å². The molecule has 1 aromatic rings. The Morgan fingerprint density at radius 3 is 2.54 bits per heavy atom. The van der Waals surface area contributed by atoms with Crippen LogP contribution in [0.4, 0.5) is 0 Å². The molecule has 0 amide bonds. The molecule has 0 saturated heterocycles. The van der Waals surface area contributed by atoms with Crippen LogP contribution < -0.4 is 10.6 Å². The van der Waals surface area contributed by atoms with Crippen LogP contribution in [0.25, 0.3) is 0 Å². The van der Waals surface area contributed by atoms with E-state index >= 15 is 0 Å². The second-order valence-electron chi connectivity index (χ2n) is 5.02. The third-order valence-corrected chi connectivity index (χ3v) is 5.64. The number of nitrogens with zero attached hydrogens (tertiary/aromatic N) is 2. The molecule has 138 valence electrons. The number of rotatable bonds is 8. The first-order chi connectivity index (χ1) is 10.9. The van der Waals surface area contributed by atoms with Crippen LogP contribution in [0.15, 0.2) is 29.3 Å². The van der Waals surface area contributed by atoms with E-state index in [1.54, 1.807) is 21.0 Å². The van der Waals surface area contributed by atoms with Crippen molar-refractivity contribution in [2.75, 3.05) is 32.9 Å². The summed E-state index contributed by atoms with van der Waals surface area (Å²) in [6.07, 6.45) is 0.697. The van der Waals surface area contributed by atoms with E-state index < -0.39 is 10.0 Å². The van der Waals surface area contributed by atoms with E-state index in [2.05, 4.69) is 15.6 Å². The van der Waals surface area contributed by atoms with E-state index in [0.29, 0.717) is 37.0 Å². The normalized spacial score (nSPS) is 12.0. The summed E-state index contributed by atoms with van der Waals surface area (Å²) in [6.45, 7) is 3.32. The first kappa shape index (κ1) is 23.4. The van der Waals surface area contributed by atoms with E-state index in [-0.39, 0.29) is 29.7 Å². The second-order valence-corrected chi connectivity index (χ2v) is 7.79. The van der Waals surface area contributed by atoms with Gasteiger partial charge in [0.15, 0.2) is 5.96 Å². The Morgan fingerprint density at radius 1 is 1.29 bits per heavy atom. The number of aliphatic imine (C=N–C) groups is 1. The Balaban J connectivity index is 0.00000529. The molecule has 0 saturated carbocycles. The van der Waals surface area contributed by atoms with Gasteiger partial charge in [-0.2, -0.15) is 0 Å². The van der Waals surface area contributed by atoms with Gasteiger partial charge in [-0.05, 0) is 25.0 Å². The standard InChI is InChI=1S/C15H25ClN4O2S.HI/c1-4-23(21,22)20(3)11-7-10-18-15(17-2)19-12-13-8-5-6-9-14(13)16;/h5-6,8-9H,4,7,10-12H2,1-3H3,(H2,17,18,19);1H. The first-order valence-corrected chi connectivity index (χ1v) is 9.51. The van der Waals surface area contributed by atoms with Crippen LogP contribution >= 0.6 is 35.6 Å². The summed E-state index contributed by atoms with van der Waals surface area (Å²) in [5.74, 6) is 0.781. The lowest BCUT2D eigenvalue weighted by Gasteiger charge is -2.17. The molecule has 1 rings (SSSR count). The molecule has 1 aromatic carbocycles.